The van der Waals surface area contributed by atoms with Gasteiger partial charge in [-0.1, -0.05) is 0 Å². The summed E-state index contributed by atoms with van der Waals surface area (Å²) in [5.74, 6) is -1.52. The molecule has 0 fully saturated rings. The van der Waals surface area contributed by atoms with E-state index in [9.17, 15) is 9.59 Å². The van der Waals surface area contributed by atoms with Crippen molar-refractivity contribution >= 4 is 11.9 Å². The molecule has 5 nitrogen and oxygen atoms in total. The topological polar surface area (TPSA) is 76.5 Å². The molecule has 74 valence electrons. The average molecular weight is 195 g/mol. The van der Waals surface area contributed by atoms with E-state index in [0.29, 0.717) is 5.56 Å². The van der Waals surface area contributed by atoms with Crippen molar-refractivity contribution in [2.24, 2.45) is 0 Å². The van der Waals surface area contributed by atoms with Crippen molar-refractivity contribution in [2.45, 2.75) is 6.42 Å². The number of nitrogens with zero attached hydrogens (tertiary/aromatic N) is 1. The standard InChI is InChI=1S/C9H9NO4/c1-14-8(11)5-6-2-3-10-7(4-6)9(12)13/h2-4H,5H2,1H3,(H,12,13). The zero-order valence-corrected chi connectivity index (χ0v) is 7.56. The van der Waals surface area contributed by atoms with E-state index in [-0.39, 0.29) is 12.1 Å². The molecule has 0 aliphatic heterocycles. The second-order valence-corrected chi connectivity index (χ2v) is 2.61. The smallest absolute Gasteiger partial charge is 0.354 e. The molecule has 1 N–H and O–H groups in total. The molecule has 0 saturated heterocycles. The molecule has 0 atom stereocenters. The van der Waals surface area contributed by atoms with Gasteiger partial charge in [0.2, 0.25) is 0 Å². The van der Waals surface area contributed by atoms with E-state index < -0.39 is 11.9 Å². The summed E-state index contributed by atoms with van der Waals surface area (Å²) in [7, 11) is 1.28. The molecule has 0 saturated carbocycles. The van der Waals surface area contributed by atoms with Crippen molar-refractivity contribution in [1.82, 2.24) is 4.98 Å². The Morgan fingerprint density at radius 1 is 1.57 bits per heavy atom. The van der Waals surface area contributed by atoms with Crippen molar-refractivity contribution in [3.63, 3.8) is 0 Å². The van der Waals surface area contributed by atoms with Gasteiger partial charge in [0.15, 0.2) is 0 Å². The number of aromatic nitrogens is 1. The quantitative estimate of drug-likeness (QED) is 0.710. The Morgan fingerprint density at radius 3 is 2.86 bits per heavy atom. The molecule has 0 spiro atoms. The highest BCUT2D eigenvalue weighted by Crippen LogP contribution is 2.03. The van der Waals surface area contributed by atoms with Crippen LogP contribution < -0.4 is 0 Å². The molecule has 0 aliphatic carbocycles. The van der Waals surface area contributed by atoms with Crippen LogP contribution in [-0.4, -0.2) is 29.1 Å². The first-order valence-electron chi connectivity index (χ1n) is 3.88. The Labute approximate surface area is 80.3 Å². The van der Waals surface area contributed by atoms with Gasteiger partial charge >= 0.3 is 11.9 Å². The normalized spacial score (nSPS) is 9.50. The minimum absolute atomic E-state index is 0.0549. The highest BCUT2D eigenvalue weighted by atomic mass is 16.5. The van der Waals surface area contributed by atoms with Crippen LogP contribution in [0.4, 0.5) is 0 Å². The molecule has 1 aromatic rings. The van der Waals surface area contributed by atoms with E-state index in [2.05, 4.69) is 9.72 Å². The summed E-state index contributed by atoms with van der Waals surface area (Å²) in [4.78, 5) is 25.0. The third-order valence-electron chi connectivity index (χ3n) is 1.62. The van der Waals surface area contributed by atoms with Gasteiger partial charge in [-0.25, -0.2) is 9.78 Å². The van der Waals surface area contributed by atoms with Crippen molar-refractivity contribution in [2.75, 3.05) is 7.11 Å². The van der Waals surface area contributed by atoms with Crippen LogP contribution in [0.25, 0.3) is 0 Å². The third kappa shape index (κ3) is 2.55. The van der Waals surface area contributed by atoms with Crippen LogP contribution in [0.5, 0.6) is 0 Å². The van der Waals surface area contributed by atoms with Crippen LogP contribution in [-0.2, 0) is 16.0 Å². The van der Waals surface area contributed by atoms with Gasteiger partial charge in [-0.15, -0.1) is 0 Å². The first-order chi connectivity index (χ1) is 6.63. The monoisotopic (exact) mass is 195 g/mol. The number of pyridine rings is 1. The highest BCUT2D eigenvalue weighted by Gasteiger charge is 2.07. The minimum Gasteiger partial charge on any atom is -0.477 e. The highest BCUT2D eigenvalue weighted by molar-refractivity contribution is 5.85. The van der Waals surface area contributed by atoms with Gasteiger partial charge in [0.1, 0.15) is 5.69 Å². The Balaban J connectivity index is 2.83. The van der Waals surface area contributed by atoms with Gasteiger partial charge in [0.05, 0.1) is 13.5 Å². The van der Waals surface area contributed by atoms with Crippen molar-refractivity contribution in [1.29, 1.82) is 0 Å². The lowest BCUT2D eigenvalue weighted by molar-refractivity contribution is -0.139. The lowest BCUT2D eigenvalue weighted by Crippen LogP contribution is -2.06. The number of hydrogen-bond acceptors (Lipinski definition) is 4. The molecule has 0 aromatic carbocycles. The van der Waals surface area contributed by atoms with E-state index in [0.717, 1.165) is 0 Å². The van der Waals surface area contributed by atoms with Crippen LogP contribution in [0.15, 0.2) is 18.3 Å². The summed E-state index contributed by atoms with van der Waals surface area (Å²) < 4.78 is 4.45. The number of carbonyl (C=O) groups is 2. The molecule has 0 unspecified atom stereocenters. The number of carbonyl (C=O) groups excluding carboxylic acids is 1. The second kappa shape index (κ2) is 4.36. The average Bonchev–Trinajstić information content (AvgIpc) is 2.18. The summed E-state index contributed by atoms with van der Waals surface area (Å²) in [5, 5.41) is 8.62. The number of carboxylic acids is 1. The maximum atomic E-state index is 10.9. The number of ether oxygens (including phenoxy) is 1. The fraction of sp³-hybridized carbons (Fsp3) is 0.222. The van der Waals surface area contributed by atoms with Gasteiger partial charge in [0.25, 0.3) is 0 Å². The van der Waals surface area contributed by atoms with Crippen molar-refractivity contribution in [3.05, 3.63) is 29.6 Å². The van der Waals surface area contributed by atoms with E-state index in [1.807, 2.05) is 0 Å². The molecule has 0 aliphatic rings. The number of hydrogen-bond donors (Lipinski definition) is 1. The first-order valence-corrected chi connectivity index (χ1v) is 3.88. The molecule has 1 aromatic heterocycles. The summed E-state index contributed by atoms with van der Waals surface area (Å²) in [5.41, 5.74) is 0.496. The molecule has 1 heterocycles. The Kier molecular flexibility index (Phi) is 3.17. The molecular formula is C9H9NO4. The fourth-order valence-electron chi connectivity index (χ4n) is 0.940. The zero-order valence-electron chi connectivity index (χ0n) is 7.56. The number of carboxylic acid groups (broad SMARTS) is 1. The van der Waals surface area contributed by atoms with Crippen molar-refractivity contribution < 1.29 is 19.4 Å². The zero-order chi connectivity index (χ0) is 10.6. The Bertz CT molecular complexity index is 362. The van der Waals surface area contributed by atoms with E-state index in [4.69, 9.17) is 5.11 Å². The van der Waals surface area contributed by atoms with Crippen LogP contribution in [0.1, 0.15) is 16.1 Å². The number of methoxy groups -OCH3 is 1. The van der Waals surface area contributed by atoms with E-state index in [1.165, 1.54) is 19.4 Å². The largest absolute Gasteiger partial charge is 0.477 e. The molecule has 0 amide bonds. The van der Waals surface area contributed by atoms with Gasteiger partial charge in [-0.2, -0.15) is 0 Å². The third-order valence-corrected chi connectivity index (χ3v) is 1.62. The molecule has 14 heavy (non-hydrogen) atoms. The molecule has 1 rings (SSSR count). The second-order valence-electron chi connectivity index (χ2n) is 2.61. The summed E-state index contributed by atoms with van der Waals surface area (Å²) in [6, 6.07) is 2.92. The number of esters is 1. The van der Waals surface area contributed by atoms with Crippen LogP contribution in [0.3, 0.4) is 0 Å². The molecule has 0 radical (unpaired) electrons. The maximum Gasteiger partial charge on any atom is 0.354 e. The lowest BCUT2D eigenvalue weighted by Gasteiger charge is -2.00. The SMILES string of the molecule is COC(=O)Cc1ccnc(C(=O)O)c1. The van der Waals surface area contributed by atoms with Crippen LogP contribution in [0, 0.1) is 0 Å². The minimum atomic E-state index is -1.11. The first kappa shape index (κ1) is 10.2. The fourth-order valence-corrected chi connectivity index (χ4v) is 0.940. The molecule has 5 heteroatoms. The molecule has 0 bridgehead atoms. The number of rotatable bonds is 3. The number of aromatic carboxylic acids is 1. The summed E-state index contributed by atoms with van der Waals surface area (Å²) >= 11 is 0. The maximum absolute atomic E-state index is 10.9. The van der Waals surface area contributed by atoms with Gasteiger partial charge < -0.3 is 9.84 Å². The van der Waals surface area contributed by atoms with Gasteiger partial charge in [0, 0.05) is 6.20 Å². The summed E-state index contributed by atoms with van der Waals surface area (Å²) in [6.07, 6.45) is 1.40. The molecular weight excluding hydrogens is 186 g/mol. The summed E-state index contributed by atoms with van der Waals surface area (Å²) in [6.45, 7) is 0. The van der Waals surface area contributed by atoms with Crippen LogP contribution >= 0.6 is 0 Å². The lowest BCUT2D eigenvalue weighted by atomic mass is 10.2. The predicted octanol–water partition coefficient (Wildman–Crippen LogP) is 0.495. The Morgan fingerprint density at radius 2 is 2.29 bits per heavy atom. The van der Waals surface area contributed by atoms with Crippen LogP contribution in [0.2, 0.25) is 0 Å². The Hall–Kier alpha value is -1.91. The van der Waals surface area contributed by atoms with E-state index in [1.54, 1.807) is 6.07 Å². The van der Waals surface area contributed by atoms with E-state index >= 15 is 0 Å². The predicted molar refractivity (Wildman–Crippen MR) is 46.9 cm³/mol. The van der Waals surface area contributed by atoms with Gasteiger partial charge in [-0.05, 0) is 17.7 Å². The van der Waals surface area contributed by atoms with Gasteiger partial charge in [-0.3, -0.25) is 4.79 Å². The van der Waals surface area contributed by atoms with Crippen molar-refractivity contribution in [3.8, 4) is 0 Å².